The zero-order valence-corrected chi connectivity index (χ0v) is 17.3. The molecule has 0 fully saturated rings. The van der Waals surface area contributed by atoms with Gasteiger partial charge in [0.25, 0.3) is 0 Å². The Bertz CT molecular complexity index is 1090. The van der Waals surface area contributed by atoms with Gasteiger partial charge in [0.2, 0.25) is 5.89 Å². The fraction of sp³-hybridized carbons (Fsp3) is 0.261. The standard InChI is InChI=1S/C23H24N2O2.ClH/c1-16-5-10-21-22(13-16)27-23(24-21)19-7-6-18-15-20(9-8-17(18)14-19)26-12-4-11-25(2)3;/h5-10,13-15H,4,11-12H2,1-3H3;1H. The summed E-state index contributed by atoms with van der Waals surface area (Å²) in [6, 6.07) is 18.5. The van der Waals surface area contributed by atoms with Gasteiger partial charge in [0.1, 0.15) is 11.3 Å². The molecule has 0 radical (unpaired) electrons. The summed E-state index contributed by atoms with van der Waals surface area (Å²) in [5.74, 6) is 1.56. The van der Waals surface area contributed by atoms with Crippen LogP contribution in [0.2, 0.25) is 0 Å². The topological polar surface area (TPSA) is 38.5 Å². The van der Waals surface area contributed by atoms with Crippen molar-refractivity contribution in [3.63, 3.8) is 0 Å². The van der Waals surface area contributed by atoms with Gasteiger partial charge in [-0.25, -0.2) is 4.98 Å². The first kappa shape index (κ1) is 20.2. The van der Waals surface area contributed by atoms with E-state index in [2.05, 4.69) is 67.3 Å². The Labute approximate surface area is 171 Å². The number of benzene rings is 3. The van der Waals surface area contributed by atoms with Gasteiger partial charge in [-0.3, -0.25) is 0 Å². The maximum Gasteiger partial charge on any atom is 0.227 e. The summed E-state index contributed by atoms with van der Waals surface area (Å²) < 4.78 is 11.8. The molecule has 0 saturated heterocycles. The first-order chi connectivity index (χ1) is 13.1. The SMILES string of the molecule is Cc1ccc2nc(-c3ccc4cc(OCCCN(C)C)ccc4c3)oc2c1.Cl. The first-order valence-corrected chi connectivity index (χ1v) is 9.27. The molecule has 28 heavy (non-hydrogen) atoms. The lowest BCUT2D eigenvalue weighted by Gasteiger charge is -2.11. The molecule has 0 unspecified atom stereocenters. The van der Waals surface area contributed by atoms with Gasteiger partial charge in [-0.1, -0.05) is 18.2 Å². The molecule has 4 rings (SSSR count). The number of nitrogens with zero attached hydrogens (tertiary/aromatic N) is 2. The van der Waals surface area contributed by atoms with Crippen LogP contribution in [0.4, 0.5) is 0 Å². The predicted molar refractivity (Wildman–Crippen MR) is 118 cm³/mol. The highest BCUT2D eigenvalue weighted by molar-refractivity contribution is 5.88. The Morgan fingerprint density at radius 1 is 0.964 bits per heavy atom. The summed E-state index contributed by atoms with van der Waals surface area (Å²) in [6.07, 6.45) is 1.02. The lowest BCUT2D eigenvalue weighted by atomic mass is 10.1. The third-order valence-electron chi connectivity index (χ3n) is 4.62. The number of aromatic nitrogens is 1. The fourth-order valence-electron chi connectivity index (χ4n) is 3.17. The summed E-state index contributed by atoms with van der Waals surface area (Å²) in [7, 11) is 4.15. The molecule has 0 atom stereocenters. The Balaban J connectivity index is 0.00000225. The molecule has 4 aromatic rings. The van der Waals surface area contributed by atoms with Crippen molar-refractivity contribution in [2.75, 3.05) is 27.2 Å². The highest BCUT2D eigenvalue weighted by atomic mass is 35.5. The summed E-state index contributed by atoms with van der Waals surface area (Å²) >= 11 is 0. The Hall–Kier alpha value is -2.56. The highest BCUT2D eigenvalue weighted by Gasteiger charge is 2.09. The van der Waals surface area contributed by atoms with Crippen LogP contribution in [0, 0.1) is 6.92 Å². The molecule has 0 spiro atoms. The summed E-state index contributed by atoms with van der Waals surface area (Å²) in [5.41, 5.74) is 3.86. The number of hydrogen-bond acceptors (Lipinski definition) is 4. The molecule has 0 aliphatic carbocycles. The van der Waals surface area contributed by atoms with Crippen LogP contribution < -0.4 is 4.74 Å². The average Bonchev–Trinajstić information content (AvgIpc) is 3.07. The lowest BCUT2D eigenvalue weighted by Crippen LogP contribution is -2.15. The van der Waals surface area contributed by atoms with Crippen molar-refractivity contribution in [1.29, 1.82) is 0 Å². The second-order valence-corrected chi connectivity index (χ2v) is 7.22. The smallest absolute Gasteiger partial charge is 0.227 e. The van der Waals surface area contributed by atoms with Crippen LogP contribution in [0.15, 0.2) is 59.0 Å². The minimum atomic E-state index is 0. The molecule has 0 N–H and O–H groups in total. The van der Waals surface area contributed by atoms with Gasteiger partial charge in [-0.2, -0.15) is 0 Å². The monoisotopic (exact) mass is 396 g/mol. The van der Waals surface area contributed by atoms with E-state index >= 15 is 0 Å². The van der Waals surface area contributed by atoms with Crippen LogP contribution in [0.1, 0.15) is 12.0 Å². The third-order valence-corrected chi connectivity index (χ3v) is 4.62. The molecular weight excluding hydrogens is 372 g/mol. The maximum absolute atomic E-state index is 5.95. The molecule has 4 nitrogen and oxygen atoms in total. The van der Waals surface area contributed by atoms with Crippen LogP contribution in [0.3, 0.4) is 0 Å². The van der Waals surface area contributed by atoms with Crippen molar-refractivity contribution in [2.45, 2.75) is 13.3 Å². The van der Waals surface area contributed by atoms with E-state index in [1.165, 1.54) is 5.56 Å². The van der Waals surface area contributed by atoms with Gasteiger partial charge < -0.3 is 14.1 Å². The van der Waals surface area contributed by atoms with Gasteiger partial charge in [-0.15, -0.1) is 12.4 Å². The van der Waals surface area contributed by atoms with E-state index in [9.17, 15) is 0 Å². The van der Waals surface area contributed by atoms with E-state index in [-0.39, 0.29) is 12.4 Å². The zero-order chi connectivity index (χ0) is 18.8. The van der Waals surface area contributed by atoms with Gasteiger partial charge in [0.05, 0.1) is 6.61 Å². The molecular formula is C23H25ClN2O2. The molecule has 0 aliphatic heterocycles. The van der Waals surface area contributed by atoms with Crippen molar-refractivity contribution < 1.29 is 9.15 Å². The van der Waals surface area contributed by atoms with Gasteiger partial charge >= 0.3 is 0 Å². The largest absolute Gasteiger partial charge is 0.494 e. The number of fused-ring (bicyclic) bond motifs is 2. The fourth-order valence-corrected chi connectivity index (χ4v) is 3.17. The molecule has 0 saturated carbocycles. The third kappa shape index (κ3) is 4.46. The Morgan fingerprint density at radius 2 is 1.75 bits per heavy atom. The van der Waals surface area contributed by atoms with Crippen molar-refractivity contribution in [3.05, 3.63) is 60.2 Å². The normalized spacial score (nSPS) is 11.1. The number of ether oxygens (including phenoxy) is 1. The van der Waals surface area contributed by atoms with Crippen LogP contribution in [-0.2, 0) is 0 Å². The van der Waals surface area contributed by atoms with Crippen molar-refractivity contribution >= 4 is 34.3 Å². The van der Waals surface area contributed by atoms with Gasteiger partial charge in [-0.05, 0) is 80.2 Å². The van der Waals surface area contributed by atoms with Crippen LogP contribution in [-0.4, -0.2) is 37.1 Å². The van der Waals surface area contributed by atoms with E-state index in [0.29, 0.717) is 5.89 Å². The van der Waals surface area contributed by atoms with Crippen LogP contribution >= 0.6 is 12.4 Å². The Morgan fingerprint density at radius 3 is 2.57 bits per heavy atom. The van der Waals surface area contributed by atoms with E-state index in [4.69, 9.17) is 9.15 Å². The van der Waals surface area contributed by atoms with Crippen LogP contribution in [0.25, 0.3) is 33.3 Å². The number of oxazole rings is 1. The number of rotatable bonds is 6. The lowest BCUT2D eigenvalue weighted by molar-refractivity contribution is 0.282. The highest BCUT2D eigenvalue weighted by Crippen LogP contribution is 2.29. The minimum absolute atomic E-state index is 0. The Kier molecular flexibility index (Phi) is 6.22. The average molecular weight is 397 g/mol. The van der Waals surface area contributed by atoms with Gasteiger partial charge in [0.15, 0.2) is 5.58 Å². The number of hydrogen-bond donors (Lipinski definition) is 0. The van der Waals surface area contributed by atoms with E-state index in [0.717, 1.165) is 52.8 Å². The van der Waals surface area contributed by atoms with Crippen LogP contribution in [0.5, 0.6) is 5.75 Å². The van der Waals surface area contributed by atoms with Crippen molar-refractivity contribution in [2.24, 2.45) is 0 Å². The molecule has 1 heterocycles. The summed E-state index contributed by atoms with van der Waals surface area (Å²) in [6.45, 7) is 3.81. The first-order valence-electron chi connectivity index (χ1n) is 9.27. The quantitative estimate of drug-likeness (QED) is 0.391. The van der Waals surface area contributed by atoms with Crippen molar-refractivity contribution in [1.82, 2.24) is 9.88 Å². The number of halogens is 1. The summed E-state index contributed by atoms with van der Waals surface area (Å²) in [4.78, 5) is 6.78. The van der Waals surface area contributed by atoms with Crippen molar-refractivity contribution in [3.8, 4) is 17.2 Å². The second kappa shape index (κ2) is 8.63. The molecule has 0 bridgehead atoms. The van der Waals surface area contributed by atoms with E-state index in [1.807, 2.05) is 18.2 Å². The molecule has 0 aliphatic rings. The molecule has 3 aromatic carbocycles. The zero-order valence-electron chi connectivity index (χ0n) is 16.4. The van der Waals surface area contributed by atoms with E-state index in [1.54, 1.807) is 0 Å². The molecule has 5 heteroatoms. The molecule has 0 amide bonds. The molecule has 1 aromatic heterocycles. The van der Waals surface area contributed by atoms with Gasteiger partial charge in [0, 0.05) is 12.1 Å². The number of aryl methyl sites for hydroxylation is 1. The second-order valence-electron chi connectivity index (χ2n) is 7.22. The molecule has 146 valence electrons. The predicted octanol–water partition coefficient (Wildman–Crippen LogP) is 5.71. The minimum Gasteiger partial charge on any atom is -0.494 e. The maximum atomic E-state index is 5.95. The summed E-state index contributed by atoms with van der Waals surface area (Å²) in [5, 5.41) is 2.29. The van der Waals surface area contributed by atoms with E-state index < -0.39 is 0 Å².